The summed E-state index contributed by atoms with van der Waals surface area (Å²) in [6.07, 6.45) is 6.51. The van der Waals surface area contributed by atoms with Gasteiger partial charge in [-0.05, 0) is 54.8 Å². The van der Waals surface area contributed by atoms with Crippen LogP contribution >= 0.6 is 0 Å². The quantitative estimate of drug-likeness (QED) is 0.601. The molecule has 0 saturated carbocycles. The minimum Gasteiger partial charge on any atom is -0.381 e. The summed E-state index contributed by atoms with van der Waals surface area (Å²) in [5.74, 6) is 0.639. The average molecular weight is 421 g/mol. The van der Waals surface area contributed by atoms with E-state index in [1.54, 1.807) is 0 Å². The topological polar surface area (TPSA) is 95.2 Å². The zero-order chi connectivity index (χ0) is 21.2. The fourth-order valence-electron chi connectivity index (χ4n) is 4.27. The Kier molecular flexibility index (Phi) is 5.46. The highest BCUT2D eigenvalue weighted by Gasteiger charge is 2.24. The van der Waals surface area contributed by atoms with E-state index in [9.17, 15) is 4.79 Å². The number of H-pyrrole nitrogens is 1. The number of aromatic amines is 1. The fourth-order valence-corrected chi connectivity index (χ4v) is 4.27. The van der Waals surface area contributed by atoms with Crippen LogP contribution in [0.2, 0.25) is 0 Å². The van der Waals surface area contributed by atoms with Gasteiger partial charge in [0.1, 0.15) is 0 Å². The number of hydrogen-bond acceptors (Lipinski definition) is 5. The Labute approximate surface area is 181 Å². The molecule has 0 aliphatic carbocycles. The first-order valence-corrected chi connectivity index (χ1v) is 11.0. The lowest BCUT2D eigenvalue weighted by Gasteiger charge is -2.30. The number of nitrogens with one attached hydrogen (secondary N) is 3. The van der Waals surface area contributed by atoms with Gasteiger partial charge in [-0.15, -0.1) is 0 Å². The summed E-state index contributed by atoms with van der Waals surface area (Å²) in [5, 5.41) is 7.72. The molecule has 2 aliphatic heterocycles. The zero-order valence-electron chi connectivity index (χ0n) is 17.7. The summed E-state index contributed by atoms with van der Waals surface area (Å²) in [5.41, 5.74) is 4.19. The van der Waals surface area contributed by atoms with Gasteiger partial charge in [0.15, 0.2) is 0 Å². The zero-order valence-corrected chi connectivity index (χ0v) is 17.7. The van der Waals surface area contributed by atoms with Crippen molar-refractivity contribution in [2.45, 2.75) is 44.8 Å². The molecule has 2 amide bonds. The van der Waals surface area contributed by atoms with Crippen LogP contribution in [0, 0.1) is 0 Å². The molecule has 3 aromatic rings. The Morgan fingerprint density at radius 1 is 1.29 bits per heavy atom. The molecule has 4 heterocycles. The van der Waals surface area contributed by atoms with Crippen LogP contribution in [-0.4, -0.2) is 51.7 Å². The van der Waals surface area contributed by atoms with E-state index < -0.39 is 0 Å². The molecule has 0 radical (unpaired) electrons. The van der Waals surface area contributed by atoms with Gasteiger partial charge in [0.25, 0.3) is 0 Å². The largest absolute Gasteiger partial charge is 0.381 e. The van der Waals surface area contributed by atoms with Crippen molar-refractivity contribution in [2.24, 2.45) is 0 Å². The van der Waals surface area contributed by atoms with Gasteiger partial charge in [0, 0.05) is 43.7 Å². The normalized spacial score (nSPS) is 17.9. The molecule has 0 spiro atoms. The number of hydrogen-bond donors (Lipinski definition) is 3. The monoisotopic (exact) mass is 420 g/mol. The summed E-state index contributed by atoms with van der Waals surface area (Å²) in [6.45, 7) is 4.71. The van der Waals surface area contributed by atoms with Crippen LogP contribution in [0.1, 0.15) is 42.6 Å². The number of urea groups is 1. The SMILES string of the molecule is C[C@@H](NC(=O)N1CCc2cnc(NC3CCOCC3)nc2C1)c1ccc2cc[nH]c2c1. The maximum atomic E-state index is 12.9. The Morgan fingerprint density at radius 2 is 2.16 bits per heavy atom. The standard InChI is InChI=1S/C23H28N6O2/c1-15(17-3-2-16-4-8-24-20(16)12-17)26-23(30)29-9-5-18-13-25-22(28-21(18)14-29)27-19-6-10-31-11-7-19/h2-4,8,12-13,15,19,24H,5-7,9-11,14H2,1H3,(H,26,30)(H,25,27,28)/t15-/m1/s1. The molecule has 2 aliphatic rings. The van der Waals surface area contributed by atoms with Crippen LogP contribution in [0.4, 0.5) is 10.7 Å². The second-order valence-corrected chi connectivity index (χ2v) is 8.36. The predicted molar refractivity (Wildman–Crippen MR) is 119 cm³/mol. The first-order valence-electron chi connectivity index (χ1n) is 11.0. The van der Waals surface area contributed by atoms with E-state index in [1.807, 2.05) is 30.3 Å². The van der Waals surface area contributed by atoms with E-state index in [0.29, 0.717) is 25.1 Å². The lowest BCUT2D eigenvalue weighted by Crippen LogP contribution is -2.44. The smallest absolute Gasteiger partial charge is 0.318 e. The van der Waals surface area contributed by atoms with Crippen molar-refractivity contribution in [1.82, 2.24) is 25.2 Å². The van der Waals surface area contributed by atoms with Gasteiger partial charge in [-0.2, -0.15) is 0 Å². The van der Waals surface area contributed by atoms with Gasteiger partial charge in [-0.3, -0.25) is 0 Å². The Balaban J connectivity index is 1.23. The fraction of sp³-hybridized carbons (Fsp3) is 0.435. The summed E-state index contributed by atoms with van der Waals surface area (Å²) >= 11 is 0. The molecule has 5 rings (SSSR count). The molecule has 2 aromatic heterocycles. The number of fused-ring (bicyclic) bond motifs is 2. The van der Waals surface area contributed by atoms with Gasteiger partial charge in [0.2, 0.25) is 5.95 Å². The summed E-state index contributed by atoms with van der Waals surface area (Å²) in [6, 6.07) is 8.46. The van der Waals surface area contributed by atoms with Crippen molar-refractivity contribution in [2.75, 3.05) is 25.1 Å². The summed E-state index contributed by atoms with van der Waals surface area (Å²) < 4.78 is 5.42. The number of carbonyl (C=O) groups is 1. The van der Waals surface area contributed by atoms with Crippen LogP contribution in [0.15, 0.2) is 36.7 Å². The van der Waals surface area contributed by atoms with E-state index >= 15 is 0 Å². The van der Waals surface area contributed by atoms with Crippen molar-refractivity contribution >= 4 is 22.9 Å². The van der Waals surface area contributed by atoms with Crippen molar-refractivity contribution in [3.05, 3.63) is 53.5 Å². The number of benzene rings is 1. The van der Waals surface area contributed by atoms with Crippen molar-refractivity contribution in [3.8, 4) is 0 Å². The maximum Gasteiger partial charge on any atom is 0.318 e. The van der Waals surface area contributed by atoms with Crippen LogP contribution in [0.3, 0.4) is 0 Å². The molecule has 1 atom stereocenters. The molecule has 162 valence electrons. The number of amides is 2. The van der Waals surface area contributed by atoms with E-state index in [-0.39, 0.29) is 12.1 Å². The number of rotatable bonds is 4. The number of carbonyl (C=O) groups excluding carboxylic acids is 1. The molecule has 0 unspecified atom stereocenters. The Morgan fingerprint density at radius 3 is 3.03 bits per heavy atom. The van der Waals surface area contributed by atoms with Crippen LogP contribution in [-0.2, 0) is 17.7 Å². The third-order valence-electron chi connectivity index (χ3n) is 6.21. The van der Waals surface area contributed by atoms with E-state index in [2.05, 4.69) is 38.8 Å². The highest BCUT2D eigenvalue weighted by atomic mass is 16.5. The lowest BCUT2D eigenvalue weighted by molar-refractivity contribution is 0.0903. The average Bonchev–Trinajstić information content (AvgIpc) is 3.27. The van der Waals surface area contributed by atoms with Crippen LogP contribution in [0.5, 0.6) is 0 Å². The van der Waals surface area contributed by atoms with E-state index in [0.717, 1.165) is 54.8 Å². The lowest BCUT2D eigenvalue weighted by atomic mass is 10.1. The second kappa shape index (κ2) is 8.55. The van der Waals surface area contributed by atoms with Crippen LogP contribution in [0.25, 0.3) is 10.9 Å². The van der Waals surface area contributed by atoms with Gasteiger partial charge in [-0.1, -0.05) is 12.1 Å². The highest BCUT2D eigenvalue weighted by Crippen LogP contribution is 2.22. The first kappa shape index (κ1) is 19.8. The molecule has 1 saturated heterocycles. The molecule has 31 heavy (non-hydrogen) atoms. The minimum atomic E-state index is -0.0854. The summed E-state index contributed by atoms with van der Waals surface area (Å²) in [7, 11) is 0. The van der Waals surface area contributed by atoms with E-state index in [4.69, 9.17) is 9.72 Å². The third kappa shape index (κ3) is 4.34. The van der Waals surface area contributed by atoms with Gasteiger partial charge < -0.3 is 25.3 Å². The summed E-state index contributed by atoms with van der Waals surface area (Å²) in [4.78, 5) is 27.2. The maximum absolute atomic E-state index is 12.9. The molecular formula is C23H28N6O2. The van der Waals surface area contributed by atoms with Gasteiger partial charge in [0.05, 0.1) is 18.3 Å². The second-order valence-electron chi connectivity index (χ2n) is 8.36. The molecule has 1 fully saturated rings. The molecule has 8 heteroatoms. The van der Waals surface area contributed by atoms with Gasteiger partial charge >= 0.3 is 6.03 Å². The predicted octanol–water partition coefficient (Wildman–Crippen LogP) is 3.38. The Bertz CT molecular complexity index is 1070. The van der Waals surface area contributed by atoms with Gasteiger partial charge in [-0.25, -0.2) is 14.8 Å². The van der Waals surface area contributed by atoms with Crippen molar-refractivity contribution in [3.63, 3.8) is 0 Å². The Hall–Kier alpha value is -3.13. The number of nitrogens with zero attached hydrogens (tertiary/aromatic N) is 3. The number of aromatic nitrogens is 3. The van der Waals surface area contributed by atoms with E-state index in [1.165, 1.54) is 5.39 Å². The molecule has 8 nitrogen and oxygen atoms in total. The molecular weight excluding hydrogens is 392 g/mol. The minimum absolute atomic E-state index is 0.0673. The number of anilines is 1. The number of ether oxygens (including phenoxy) is 1. The molecule has 1 aromatic carbocycles. The molecule has 0 bridgehead atoms. The van der Waals surface area contributed by atoms with Crippen molar-refractivity contribution < 1.29 is 9.53 Å². The van der Waals surface area contributed by atoms with Crippen LogP contribution < -0.4 is 10.6 Å². The van der Waals surface area contributed by atoms with Crippen molar-refractivity contribution in [1.29, 1.82) is 0 Å². The molecule has 3 N–H and O–H groups in total. The first-order chi connectivity index (χ1) is 15.2. The third-order valence-corrected chi connectivity index (χ3v) is 6.21. The highest BCUT2D eigenvalue weighted by molar-refractivity contribution is 5.80.